The number of hydrogen-bond acceptors (Lipinski definition) is 5. The van der Waals surface area contributed by atoms with Crippen LogP contribution in [0.5, 0.6) is 0 Å². The molecule has 0 saturated carbocycles. The Labute approximate surface area is 144 Å². The summed E-state index contributed by atoms with van der Waals surface area (Å²) in [5.74, 6) is 0.801. The summed E-state index contributed by atoms with van der Waals surface area (Å²) in [6.45, 7) is 0. The number of nitrogens with one attached hydrogen (secondary N) is 1. The molecule has 2 aromatic carbocycles. The van der Waals surface area contributed by atoms with E-state index in [1.807, 2.05) is 42.5 Å². The largest absolute Gasteiger partial charge is 0.467 e. The van der Waals surface area contributed by atoms with Gasteiger partial charge in [0.05, 0.1) is 34.3 Å². The lowest BCUT2D eigenvalue weighted by molar-refractivity contribution is -0.384. The van der Waals surface area contributed by atoms with Crippen LogP contribution in [0.4, 0.5) is 17.1 Å². The molecule has 0 radical (unpaired) electrons. The average molecular weight is 333 g/mol. The van der Waals surface area contributed by atoms with E-state index < -0.39 is 4.92 Å². The van der Waals surface area contributed by atoms with Gasteiger partial charge in [0, 0.05) is 24.1 Å². The SMILES string of the molecule is O=[N+]([O-])c1cccc(C2=Nc3ccccc3NC(c3ccco3)C2)c1. The Morgan fingerprint density at radius 1 is 1.12 bits per heavy atom. The Morgan fingerprint density at radius 2 is 2.00 bits per heavy atom. The van der Waals surface area contributed by atoms with Crippen molar-refractivity contribution in [2.75, 3.05) is 5.32 Å². The molecule has 1 aromatic heterocycles. The molecule has 0 amide bonds. The van der Waals surface area contributed by atoms with Gasteiger partial charge in [-0.3, -0.25) is 15.1 Å². The minimum absolute atomic E-state index is 0.0558. The van der Waals surface area contributed by atoms with Crippen LogP contribution in [0.1, 0.15) is 23.8 Å². The molecule has 3 aromatic rings. The maximum atomic E-state index is 11.1. The van der Waals surface area contributed by atoms with Crippen LogP contribution >= 0.6 is 0 Å². The van der Waals surface area contributed by atoms with Gasteiger partial charge in [-0.15, -0.1) is 0 Å². The maximum Gasteiger partial charge on any atom is 0.270 e. The number of nitrogens with zero attached hydrogens (tertiary/aromatic N) is 2. The molecule has 25 heavy (non-hydrogen) atoms. The molecular formula is C19H15N3O3. The molecule has 6 nitrogen and oxygen atoms in total. The van der Waals surface area contributed by atoms with Crippen molar-refractivity contribution >= 4 is 22.8 Å². The van der Waals surface area contributed by atoms with Crippen LogP contribution in [0.3, 0.4) is 0 Å². The highest BCUT2D eigenvalue weighted by Crippen LogP contribution is 2.35. The highest BCUT2D eigenvalue weighted by atomic mass is 16.6. The van der Waals surface area contributed by atoms with E-state index in [0.29, 0.717) is 6.42 Å². The third kappa shape index (κ3) is 3.01. The van der Waals surface area contributed by atoms with Crippen molar-refractivity contribution in [3.8, 4) is 0 Å². The normalized spacial score (nSPS) is 16.3. The molecular weight excluding hydrogens is 318 g/mol. The first-order chi connectivity index (χ1) is 12.2. The number of fused-ring (bicyclic) bond motifs is 1. The quantitative estimate of drug-likeness (QED) is 0.548. The lowest BCUT2D eigenvalue weighted by Gasteiger charge is -2.16. The van der Waals surface area contributed by atoms with E-state index in [2.05, 4.69) is 5.32 Å². The van der Waals surface area contributed by atoms with Gasteiger partial charge in [-0.05, 0) is 24.3 Å². The fourth-order valence-corrected chi connectivity index (χ4v) is 2.96. The Bertz CT molecular complexity index is 948. The van der Waals surface area contributed by atoms with Crippen LogP contribution < -0.4 is 5.32 Å². The van der Waals surface area contributed by atoms with Crippen LogP contribution in [0, 0.1) is 10.1 Å². The van der Waals surface area contributed by atoms with Gasteiger partial charge < -0.3 is 9.73 Å². The number of nitro groups is 1. The van der Waals surface area contributed by atoms with Crippen molar-refractivity contribution in [2.24, 2.45) is 4.99 Å². The van der Waals surface area contributed by atoms with Crippen LogP contribution in [-0.2, 0) is 0 Å². The van der Waals surface area contributed by atoms with Crippen molar-refractivity contribution < 1.29 is 9.34 Å². The number of para-hydroxylation sites is 2. The fourth-order valence-electron chi connectivity index (χ4n) is 2.96. The third-order valence-electron chi connectivity index (χ3n) is 4.16. The van der Waals surface area contributed by atoms with Gasteiger partial charge in [-0.1, -0.05) is 24.3 Å². The molecule has 1 atom stereocenters. The van der Waals surface area contributed by atoms with Gasteiger partial charge in [-0.2, -0.15) is 0 Å². The predicted molar refractivity (Wildman–Crippen MR) is 95.4 cm³/mol. The molecule has 0 saturated heterocycles. The van der Waals surface area contributed by atoms with Crippen LogP contribution in [-0.4, -0.2) is 10.6 Å². The van der Waals surface area contributed by atoms with E-state index in [0.717, 1.165) is 28.4 Å². The molecule has 124 valence electrons. The molecule has 0 fully saturated rings. The summed E-state index contributed by atoms with van der Waals surface area (Å²) >= 11 is 0. The van der Waals surface area contributed by atoms with E-state index in [-0.39, 0.29) is 11.7 Å². The van der Waals surface area contributed by atoms with Gasteiger partial charge >= 0.3 is 0 Å². The molecule has 1 aliphatic heterocycles. The van der Waals surface area contributed by atoms with E-state index >= 15 is 0 Å². The summed E-state index contributed by atoms with van der Waals surface area (Å²) in [5.41, 5.74) is 3.29. The third-order valence-corrected chi connectivity index (χ3v) is 4.16. The monoisotopic (exact) mass is 333 g/mol. The number of anilines is 1. The fraction of sp³-hybridized carbons (Fsp3) is 0.105. The number of nitro benzene ring substituents is 1. The molecule has 0 aliphatic carbocycles. The second-order valence-corrected chi connectivity index (χ2v) is 5.80. The first-order valence-electron chi connectivity index (χ1n) is 7.92. The zero-order valence-electron chi connectivity index (χ0n) is 13.3. The first kappa shape index (κ1) is 15.1. The number of benzene rings is 2. The molecule has 0 spiro atoms. The van der Waals surface area contributed by atoms with Gasteiger partial charge in [0.15, 0.2) is 0 Å². The Morgan fingerprint density at radius 3 is 2.80 bits per heavy atom. The predicted octanol–water partition coefficient (Wildman–Crippen LogP) is 4.87. The summed E-state index contributed by atoms with van der Waals surface area (Å²) in [4.78, 5) is 15.5. The van der Waals surface area contributed by atoms with Crippen molar-refractivity contribution in [1.29, 1.82) is 0 Å². The summed E-state index contributed by atoms with van der Waals surface area (Å²) in [5, 5.41) is 14.5. The Hall–Kier alpha value is -3.41. The number of aliphatic imine (C=N–C) groups is 1. The molecule has 4 rings (SSSR count). The molecule has 1 aliphatic rings. The molecule has 0 bridgehead atoms. The topological polar surface area (TPSA) is 80.7 Å². The minimum atomic E-state index is -0.392. The zero-order valence-corrected chi connectivity index (χ0v) is 13.3. The summed E-state index contributed by atoms with van der Waals surface area (Å²) in [6, 6.07) is 18.0. The van der Waals surface area contributed by atoms with E-state index in [1.165, 1.54) is 6.07 Å². The van der Waals surface area contributed by atoms with Crippen LogP contribution in [0.15, 0.2) is 76.3 Å². The number of rotatable bonds is 3. The lowest BCUT2D eigenvalue weighted by Crippen LogP contribution is -2.14. The Balaban J connectivity index is 1.81. The highest BCUT2D eigenvalue weighted by molar-refractivity contribution is 6.04. The van der Waals surface area contributed by atoms with Gasteiger partial charge in [-0.25, -0.2) is 0 Å². The van der Waals surface area contributed by atoms with Gasteiger partial charge in [0.25, 0.3) is 5.69 Å². The van der Waals surface area contributed by atoms with Gasteiger partial charge in [0.2, 0.25) is 0 Å². The molecule has 6 heteroatoms. The number of furan rings is 1. The molecule has 1 unspecified atom stereocenters. The van der Waals surface area contributed by atoms with Crippen molar-refractivity contribution in [1.82, 2.24) is 0 Å². The minimum Gasteiger partial charge on any atom is -0.467 e. The van der Waals surface area contributed by atoms with Crippen molar-refractivity contribution in [3.63, 3.8) is 0 Å². The summed E-state index contributed by atoms with van der Waals surface area (Å²) in [6.07, 6.45) is 2.20. The van der Waals surface area contributed by atoms with Crippen molar-refractivity contribution in [3.05, 3.63) is 88.4 Å². The number of hydrogen-bond donors (Lipinski definition) is 1. The van der Waals surface area contributed by atoms with Crippen molar-refractivity contribution in [2.45, 2.75) is 12.5 Å². The highest BCUT2D eigenvalue weighted by Gasteiger charge is 2.23. The van der Waals surface area contributed by atoms with E-state index in [9.17, 15) is 10.1 Å². The zero-order chi connectivity index (χ0) is 17.2. The average Bonchev–Trinajstić information content (AvgIpc) is 3.09. The first-order valence-corrected chi connectivity index (χ1v) is 7.92. The van der Waals surface area contributed by atoms with Gasteiger partial charge in [0.1, 0.15) is 5.76 Å². The van der Waals surface area contributed by atoms with E-state index in [1.54, 1.807) is 18.4 Å². The second-order valence-electron chi connectivity index (χ2n) is 5.80. The standard InChI is InChI=1S/C19H15N3O3/c23-22(24)14-6-3-5-13(11-14)17-12-18(19-9-4-10-25-19)21-16-8-2-1-7-15(16)20-17/h1-11,18,21H,12H2. The lowest BCUT2D eigenvalue weighted by atomic mass is 10.0. The van der Waals surface area contributed by atoms with E-state index in [4.69, 9.17) is 9.41 Å². The molecule has 1 N–H and O–H groups in total. The second kappa shape index (κ2) is 6.24. The number of non-ortho nitro benzene ring substituents is 1. The smallest absolute Gasteiger partial charge is 0.270 e. The summed E-state index contributed by atoms with van der Waals surface area (Å²) in [7, 11) is 0. The van der Waals surface area contributed by atoms with Crippen LogP contribution in [0.25, 0.3) is 0 Å². The molecule has 2 heterocycles. The summed E-state index contributed by atoms with van der Waals surface area (Å²) < 4.78 is 5.56. The maximum absolute atomic E-state index is 11.1. The van der Waals surface area contributed by atoms with Crippen LogP contribution in [0.2, 0.25) is 0 Å². The Kier molecular flexibility index (Phi) is 3.78.